The number of hydrogen-bond acceptors (Lipinski definition) is 4. The molecule has 0 aliphatic carbocycles. The van der Waals surface area contributed by atoms with Gasteiger partial charge in [0.1, 0.15) is 5.75 Å². The molecule has 1 aliphatic rings. The average molecular weight is 491 g/mol. The van der Waals surface area contributed by atoms with E-state index < -0.39 is 0 Å². The van der Waals surface area contributed by atoms with Gasteiger partial charge in [-0.2, -0.15) is 0 Å². The zero-order chi connectivity index (χ0) is 18.7. The summed E-state index contributed by atoms with van der Waals surface area (Å²) in [6, 6.07) is 8.49. The van der Waals surface area contributed by atoms with E-state index in [4.69, 9.17) is 14.2 Å². The molecule has 1 saturated heterocycles. The second kappa shape index (κ2) is 13.2. The van der Waals surface area contributed by atoms with E-state index in [-0.39, 0.29) is 29.4 Å². The third-order valence-electron chi connectivity index (χ3n) is 4.79. The highest BCUT2D eigenvalue weighted by atomic mass is 127. The van der Waals surface area contributed by atoms with Gasteiger partial charge in [0, 0.05) is 45.4 Å². The lowest BCUT2D eigenvalue weighted by Crippen LogP contribution is -2.48. The van der Waals surface area contributed by atoms with Crippen LogP contribution in [0.4, 0.5) is 0 Å². The zero-order valence-corrected chi connectivity index (χ0v) is 19.1. The first-order valence-corrected chi connectivity index (χ1v) is 9.57. The first kappa shape index (κ1) is 24.0. The highest BCUT2D eigenvalue weighted by Gasteiger charge is 2.34. The largest absolute Gasteiger partial charge is 0.494 e. The van der Waals surface area contributed by atoms with Gasteiger partial charge >= 0.3 is 0 Å². The van der Waals surface area contributed by atoms with E-state index in [2.05, 4.69) is 39.9 Å². The highest BCUT2D eigenvalue weighted by Crippen LogP contribution is 2.35. The third-order valence-corrected chi connectivity index (χ3v) is 4.79. The van der Waals surface area contributed by atoms with Gasteiger partial charge in [-0.3, -0.25) is 4.99 Å². The molecule has 0 aromatic heterocycles. The number of hydrogen-bond donors (Lipinski definition) is 2. The van der Waals surface area contributed by atoms with Crippen LogP contribution in [0.1, 0.15) is 32.3 Å². The Hall–Kier alpha value is -1.06. The highest BCUT2D eigenvalue weighted by molar-refractivity contribution is 14.0. The van der Waals surface area contributed by atoms with Crippen molar-refractivity contribution in [2.75, 3.05) is 53.2 Å². The topological polar surface area (TPSA) is 64.1 Å². The Morgan fingerprint density at radius 3 is 2.41 bits per heavy atom. The number of aliphatic imine (C=N–C) groups is 1. The molecule has 2 rings (SSSR count). The predicted molar refractivity (Wildman–Crippen MR) is 121 cm³/mol. The number of ether oxygens (including phenoxy) is 3. The van der Waals surface area contributed by atoms with Crippen molar-refractivity contribution in [3.05, 3.63) is 29.8 Å². The van der Waals surface area contributed by atoms with Gasteiger partial charge in [0.15, 0.2) is 5.96 Å². The molecule has 1 fully saturated rings. The van der Waals surface area contributed by atoms with Gasteiger partial charge in [0.05, 0.1) is 13.2 Å². The van der Waals surface area contributed by atoms with Gasteiger partial charge < -0.3 is 24.8 Å². The number of benzene rings is 1. The summed E-state index contributed by atoms with van der Waals surface area (Å²) in [7, 11) is 1.80. The molecule has 0 spiro atoms. The summed E-state index contributed by atoms with van der Waals surface area (Å²) in [4.78, 5) is 4.32. The van der Waals surface area contributed by atoms with E-state index in [0.29, 0.717) is 13.2 Å². The molecule has 6 nitrogen and oxygen atoms in total. The van der Waals surface area contributed by atoms with E-state index in [1.807, 2.05) is 13.8 Å². The molecule has 0 atom stereocenters. The lowest BCUT2D eigenvalue weighted by atomic mass is 9.74. The maximum absolute atomic E-state index is 5.62. The predicted octanol–water partition coefficient (Wildman–Crippen LogP) is 2.95. The molecular weight excluding hydrogens is 457 g/mol. The number of halogens is 1. The van der Waals surface area contributed by atoms with E-state index >= 15 is 0 Å². The van der Waals surface area contributed by atoms with Crippen LogP contribution in [0.2, 0.25) is 0 Å². The van der Waals surface area contributed by atoms with E-state index in [1.165, 1.54) is 5.56 Å². The SMILES string of the molecule is CCOCCNC(=NC)NCC1(c2ccc(OCC)cc2)CCOCC1.I. The second-order valence-corrected chi connectivity index (χ2v) is 6.40. The molecule has 0 unspecified atom stereocenters. The Morgan fingerprint density at radius 2 is 1.81 bits per heavy atom. The molecule has 0 radical (unpaired) electrons. The van der Waals surface area contributed by atoms with Crippen molar-refractivity contribution in [2.45, 2.75) is 32.1 Å². The molecular formula is C20H34IN3O3. The minimum Gasteiger partial charge on any atom is -0.494 e. The Labute approximate surface area is 180 Å². The average Bonchev–Trinajstić information content (AvgIpc) is 2.69. The molecule has 2 N–H and O–H groups in total. The monoisotopic (exact) mass is 491 g/mol. The van der Waals surface area contributed by atoms with Crippen LogP contribution in [0.15, 0.2) is 29.3 Å². The lowest BCUT2D eigenvalue weighted by molar-refractivity contribution is 0.0513. The van der Waals surface area contributed by atoms with E-state index in [1.54, 1.807) is 7.05 Å². The van der Waals surface area contributed by atoms with Crippen LogP contribution in [-0.2, 0) is 14.9 Å². The summed E-state index contributed by atoms with van der Waals surface area (Å²) in [5.41, 5.74) is 1.36. The van der Waals surface area contributed by atoms with E-state index in [0.717, 1.165) is 57.5 Å². The summed E-state index contributed by atoms with van der Waals surface area (Å²) < 4.78 is 16.6. The van der Waals surface area contributed by atoms with Crippen molar-refractivity contribution in [3.8, 4) is 5.75 Å². The smallest absolute Gasteiger partial charge is 0.191 e. The summed E-state index contributed by atoms with van der Waals surface area (Å²) in [6.07, 6.45) is 1.98. The van der Waals surface area contributed by atoms with Crippen molar-refractivity contribution in [1.82, 2.24) is 10.6 Å². The Balaban J connectivity index is 0.00000364. The van der Waals surface area contributed by atoms with Crippen molar-refractivity contribution in [3.63, 3.8) is 0 Å². The number of nitrogens with zero attached hydrogens (tertiary/aromatic N) is 1. The Bertz CT molecular complexity index is 546. The molecule has 1 aromatic rings. The minimum atomic E-state index is 0. The molecule has 27 heavy (non-hydrogen) atoms. The second-order valence-electron chi connectivity index (χ2n) is 6.40. The van der Waals surface area contributed by atoms with Gasteiger partial charge in [0.25, 0.3) is 0 Å². The van der Waals surface area contributed by atoms with Crippen LogP contribution < -0.4 is 15.4 Å². The third kappa shape index (κ3) is 7.46. The molecule has 154 valence electrons. The normalized spacial score (nSPS) is 16.3. The van der Waals surface area contributed by atoms with Crippen LogP contribution in [0.3, 0.4) is 0 Å². The van der Waals surface area contributed by atoms with Gasteiger partial charge in [-0.05, 0) is 44.4 Å². The van der Waals surface area contributed by atoms with Gasteiger partial charge in [0.2, 0.25) is 0 Å². The fraction of sp³-hybridized carbons (Fsp3) is 0.650. The van der Waals surface area contributed by atoms with Crippen LogP contribution in [0.25, 0.3) is 0 Å². The summed E-state index contributed by atoms with van der Waals surface area (Å²) >= 11 is 0. The van der Waals surface area contributed by atoms with E-state index in [9.17, 15) is 0 Å². The fourth-order valence-electron chi connectivity index (χ4n) is 3.26. The molecule has 0 saturated carbocycles. The standard InChI is InChI=1S/C20H33N3O3.HI/c1-4-24-15-12-22-19(21-3)23-16-20(10-13-25-14-11-20)17-6-8-18(9-7-17)26-5-2;/h6-9H,4-5,10-16H2,1-3H3,(H2,21,22,23);1H. The van der Waals surface area contributed by atoms with Crippen molar-refractivity contribution < 1.29 is 14.2 Å². The van der Waals surface area contributed by atoms with Crippen LogP contribution in [-0.4, -0.2) is 59.1 Å². The molecule has 1 heterocycles. The van der Waals surface area contributed by atoms with Crippen LogP contribution in [0.5, 0.6) is 5.75 Å². The van der Waals surface area contributed by atoms with Crippen LogP contribution in [0, 0.1) is 0 Å². The molecule has 0 amide bonds. The zero-order valence-electron chi connectivity index (χ0n) is 16.8. The van der Waals surface area contributed by atoms with Gasteiger partial charge in [-0.25, -0.2) is 0 Å². The quantitative estimate of drug-likeness (QED) is 0.241. The number of rotatable bonds is 9. The number of nitrogens with one attached hydrogen (secondary N) is 2. The number of guanidine groups is 1. The fourth-order valence-corrected chi connectivity index (χ4v) is 3.26. The van der Waals surface area contributed by atoms with Gasteiger partial charge in [-0.1, -0.05) is 12.1 Å². The Kier molecular flexibility index (Phi) is 11.7. The van der Waals surface area contributed by atoms with Crippen molar-refractivity contribution in [2.24, 2.45) is 4.99 Å². The first-order valence-electron chi connectivity index (χ1n) is 9.57. The first-order chi connectivity index (χ1) is 12.7. The minimum absolute atomic E-state index is 0. The summed E-state index contributed by atoms with van der Waals surface area (Å²) in [5.74, 6) is 1.72. The Morgan fingerprint density at radius 1 is 1.11 bits per heavy atom. The summed E-state index contributed by atoms with van der Waals surface area (Å²) in [6.45, 7) is 9.22. The van der Waals surface area contributed by atoms with Gasteiger partial charge in [-0.15, -0.1) is 24.0 Å². The molecule has 1 aromatic carbocycles. The lowest BCUT2D eigenvalue weighted by Gasteiger charge is -2.38. The van der Waals surface area contributed by atoms with Crippen molar-refractivity contribution in [1.29, 1.82) is 0 Å². The maximum atomic E-state index is 5.62. The summed E-state index contributed by atoms with van der Waals surface area (Å²) in [5, 5.41) is 6.79. The maximum Gasteiger partial charge on any atom is 0.191 e. The molecule has 1 aliphatic heterocycles. The van der Waals surface area contributed by atoms with Crippen molar-refractivity contribution >= 4 is 29.9 Å². The van der Waals surface area contributed by atoms with Crippen LogP contribution >= 0.6 is 24.0 Å². The molecule has 0 bridgehead atoms. The molecule has 7 heteroatoms.